The summed E-state index contributed by atoms with van der Waals surface area (Å²) in [5.74, 6) is 0. The van der Waals surface area contributed by atoms with Crippen LogP contribution in [0.1, 0.15) is 5.56 Å². The summed E-state index contributed by atoms with van der Waals surface area (Å²) in [6, 6.07) is 3.30. The maximum atomic E-state index is 13.6. The zero-order valence-corrected chi connectivity index (χ0v) is 7.01. The number of rotatable bonds is 1. The number of hydrogen-bond acceptors (Lipinski definition) is 2. The molecule has 1 aliphatic heterocycles. The van der Waals surface area contributed by atoms with E-state index in [1.165, 1.54) is 6.20 Å². The zero-order valence-electron chi connectivity index (χ0n) is 6.26. The summed E-state index contributed by atoms with van der Waals surface area (Å²) >= 11 is 5.71. The van der Waals surface area contributed by atoms with Crippen LogP contribution in [0.5, 0.6) is 0 Å². The van der Waals surface area contributed by atoms with E-state index < -0.39 is 5.67 Å². The molecule has 0 aliphatic carbocycles. The van der Waals surface area contributed by atoms with Crippen molar-refractivity contribution in [1.82, 2.24) is 4.98 Å². The lowest BCUT2D eigenvalue weighted by atomic mass is 9.96. The van der Waals surface area contributed by atoms with Gasteiger partial charge in [-0.15, -0.1) is 0 Å². The standard InChI is InChI=1S/C8H7ClFNO/c9-7-6(2-1-3-11-7)8(10)4-12-5-8/h1-3H,4-5H2. The number of hydrogen-bond donors (Lipinski definition) is 0. The van der Waals surface area contributed by atoms with Crippen molar-refractivity contribution in [2.75, 3.05) is 13.2 Å². The third-order valence-electron chi connectivity index (χ3n) is 1.90. The van der Waals surface area contributed by atoms with Crippen molar-refractivity contribution in [3.8, 4) is 0 Å². The molecule has 1 aliphatic rings. The summed E-state index contributed by atoms with van der Waals surface area (Å²) in [6.07, 6.45) is 1.54. The Hall–Kier alpha value is -0.670. The molecule has 0 radical (unpaired) electrons. The number of halogens is 2. The van der Waals surface area contributed by atoms with E-state index in [0.717, 1.165) is 0 Å². The summed E-state index contributed by atoms with van der Waals surface area (Å²) in [5, 5.41) is 0.225. The monoisotopic (exact) mass is 187 g/mol. The average Bonchev–Trinajstić information content (AvgIpc) is 2.01. The van der Waals surface area contributed by atoms with E-state index in [2.05, 4.69) is 4.98 Å². The first-order valence-corrected chi connectivity index (χ1v) is 3.98. The maximum Gasteiger partial charge on any atom is 0.185 e. The number of nitrogens with zero attached hydrogens (tertiary/aromatic N) is 1. The van der Waals surface area contributed by atoms with Gasteiger partial charge in [-0.2, -0.15) is 0 Å². The fourth-order valence-corrected chi connectivity index (χ4v) is 1.45. The molecule has 0 spiro atoms. The van der Waals surface area contributed by atoms with E-state index in [0.29, 0.717) is 5.56 Å². The van der Waals surface area contributed by atoms with Crippen LogP contribution in [-0.2, 0) is 10.4 Å². The molecular formula is C8H7ClFNO. The highest BCUT2D eigenvalue weighted by atomic mass is 35.5. The highest BCUT2D eigenvalue weighted by molar-refractivity contribution is 6.30. The van der Waals surface area contributed by atoms with Crippen LogP contribution in [0.15, 0.2) is 18.3 Å². The Labute approximate surface area is 74.3 Å². The first kappa shape index (κ1) is 7.95. The lowest BCUT2D eigenvalue weighted by molar-refractivity contribution is -0.135. The first-order chi connectivity index (χ1) is 5.72. The Balaban J connectivity index is 2.39. The molecule has 0 N–H and O–H groups in total. The second-order valence-corrected chi connectivity index (χ2v) is 3.16. The van der Waals surface area contributed by atoms with Gasteiger partial charge in [0.1, 0.15) is 5.15 Å². The van der Waals surface area contributed by atoms with Gasteiger partial charge in [0.05, 0.1) is 13.2 Å². The Morgan fingerprint density at radius 1 is 1.58 bits per heavy atom. The SMILES string of the molecule is FC1(c2cccnc2Cl)COC1. The van der Waals surface area contributed by atoms with Crippen LogP contribution >= 0.6 is 11.6 Å². The van der Waals surface area contributed by atoms with Gasteiger partial charge in [0.2, 0.25) is 0 Å². The molecule has 2 nitrogen and oxygen atoms in total. The molecule has 2 rings (SSSR count). The van der Waals surface area contributed by atoms with E-state index in [1.54, 1.807) is 12.1 Å². The van der Waals surface area contributed by atoms with Crippen LogP contribution in [0.25, 0.3) is 0 Å². The second kappa shape index (κ2) is 2.68. The minimum absolute atomic E-state index is 0.0818. The molecule has 1 aromatic rings. The van der Waals surface area contributed by atoms with Gasteiger partial charge in [-0.1, -0.05) is 17.7 Å². The highest BCUT2D eigenvalue weighted by Gasteiger charge is 2.42. The molecule has 0 bridgehead atoms. The van der Waals surface area contributed by atoms with Crippen molar-refractivity contribution in [2.24, 2.45) is 0 Å². The number of alkyl halides is 1. The highest BCUT2D eigenvalue weighted by Crippen LogP contribution is 2.36. The normalized spacial score (nSPS) is 20.2. The van der Waals surface area contributed by atoms with Crippen molar-refractivity contribution >= 4 is 11.6 Å². The van der Waals surface area contributed by atoms with Crippen LogP contribution < -0.4 is 0 Å². The lowest BCUT2D eigenvalue weighted by Crippen LogP contribution is -2.42. The summed E-state index contributed by atoms with van der Waals surface area (Å²) in [6.45, 7) is 0.164. The molecule has 4 heteroatoms. The minimum Gasteiger partial charge on any atom is -0.374 e. The largest absolute Gasteiger partial charge is 0.374 e. The van der Waals surface area contributed by atoms with Crippen LogP contribution in [0.3, 0.4) is 0 Å². The van der Waals surface area contributed by atoms with E-state index in [1.807, 2.05) is 0 Å². The summed E-state index contributed by atoms with van der Waals surface area (Å²) < 4.78 is 18.4. The van der Waals surface area contributed by atoms with Gasteiger partial charge in [-0.25, -0.2) is 9.37 Å². The molecule has 1 fully saturated rings. The van der Waals surface area contributed by atoms with Crippen molar-refractivity contribution in [3.63, 3.8) is 0 Å². The topological polar surface area (TPSA) is 22.1 Å². The Morgan fingerprint density at radius 2 is 2.33 bits per heavy atom. The quantitative estimate of drug-likeness (QED) is 0.627. The second-order valence-electron chi connectivity index (χ2n) is 2.80. The van der Waals surface area contributed by atoms with Gasteiger partial charge in [0, 0.05) is 11.8 Å². The summed E-state index contributed by atoms with van der Waals surface area (Å²) in [5.41, 5.74) is -0.983. The molecule has 12 heavy (non-hydrogen) atoms. The Bertz CT molecular complexity index is 301. The van der Waals surface area contributed by atoms with Gasteiger partial charge >= 0.3 is 0 Å². The average molecular weight is 188 g/mol. The van der Waals surface area contributed by atoms with Crippen molar-refractivity contribution < 1.29 is 9.13 Å². The first-order valence-electron chi connectivity index (χ1n) is 3.60. The van der Waals surface area contributed by atoms with Crippen molar-refractivity contribution in [3.05, 3.63) is 29.0 Å². The summed E-state index contributed by atoms with van der Waals surface area (Å²) in [4.78, 5) is 3.80. The van der Waals surface area contributed by atoms with Crippen LogP contribution in [0.2, 0.25) is 5.15 Å². The van der Waals surface area contributed by atoms with Gasteiger partial charge in [-0.05, 0) is 6.07 Å². The van der Waals surface area contributed by atoms with E-state index in [4.69, 9.17) is 16.3 Å². The molecule has 0 unspecified atom stereocenters. The van der Waals surface area contributed by atoms with Crippen LogP contribution in [0.4, 0.5) is 4.39 Å². The van der Waals surface area contributed by atoms with Crippen molar-refractivity contribution in [2.45, 2.75) is 5.67 Å². The molecule has 0 saturated carbocycles. The van der Waals surface area contributed by atoms with Gasteiger partial charge in [0.25, 0.3) is 0 Å². The predicted octanol–water partition coefficient (Wildman–Crippen LogP) is 1.93. The number of pyridine rings is 1. The Morgan fingerprint density at radius 3 is 2.83 bits per heavy atom. The third kappa shape index (κ3) is 1.09. The van der Waals surface area contributed by atoms with Gasteiger partial charge in [-0.3, -0.25) is 0 Å². The Kier molecular flexibility index (Phi) is 1.77. The molecular weight excluding hydrogens is 181 g/mol. The van der Waals surface area contributed by atoms with Gasteiger partial charge in [0.15, 0.2) is 5.67 Å². The number of aromatic nitrogens is 1. The molecule has 64 valence electrons. The zero-order chi connectivity index (χ0) is 8.60. The third-order valence-corrected chi connectivity index (χ3v) is 2.20. The smallest absolute Gasteiger partial charge is 0.185 e. The van der Waals surface area contributed by atoms with Crippen molar-refractivity contribution in [1.29, 1.82) is 0 Å². The fourth-order valence-electron chi connectivity index (χ4n) is 1.16. The van der Waals surface area contributed by atoms with Crippen LogP contribution in [0, 0.1) is 0 Å². The fraction of sp³-hybridized carbons (Fsp3) is 0.375. The lowest BCUT2D eigenvalue weighted by Gasteiger charge is -2.34. The van der Waals surface area contributed by atoms with Gasteiger partial charge < -0.3 is 4.74 Å². The molecule has 0 atom stereocenters. The maximum absolute atomic E-state index is 13.6. The molecule has 1 aromatic heterocycles. The van der Waals surface area contributed by atoms with E-state index >= 15 is 0 Å². The minimum atomic E-state index is -1.41. The summed E-state index contributed by atoms with van der Waals surface area (Å²) in [7, 11) is 0. The number of ether oxygens (including phenoxy) is 1. The molecule has 2 heterocycles. The molecule has 0 aromatic carbocycles. The predicted molar refractivity (Wildman–Crippen MR) is 42.9 cm³/mol. The van der Waals surface area contributed by atoms with E-state index in [-0.39, 0.29) is 18.4 Å². The van der Waals surface area contributed by atoms with Crippen LogP contribution in [-0.4, -0.2) is 18.2 Å². The van der Waals surface area contributed by atoms with E-state index in [9.17, 15) is 4.39 Å². The molecule has 1 saturated heterocycles. The molecule has 0 amide bonds.